The van der Waals surface area contributed by atoms with Crippen molar-refractivity contribution in [2.45, 2.75) is 57.3 Å². The molecule has 1 unspecified atom stereocenters. The van der Waals surface area contributed by atoms with Gasteiger partial charge in [0, 0.05) is 25.2 Å². The number of nitrogens with one attached hydrogen (secondary N) is 2. The third kappa shape index (κ3) is 6.17. The number of amides is 1. The number of carbonyl (C=O) groups excluding carboxylic acids is 2. The van der Waals surface area contributed by atoms with Crippen LogP contribution < -0.4 is 10.6 Å². The molecule has 0 spiro atoms. The van der Waals surface area contributed by atoms with Crippen LogP contribution in [0.1, 0.15) is 50.8 Å². The van der Waals surface area contributed by atoms with E-state index in [-0.39, 0.29) is 11.4 Å². The minimum Gasteiger partial charge on any atom is -0.468 e. The second-order valence-corrected chi connectivity index (χ2v) is 9.56. The Bertz CT molecular complexity index is 886. The summed E-state index contributed by atoms with van der Waals surface area (Å²) in [6.45, 7) is 8.26. The number of esters is 1. The summed E-state index contributed by atoms with van der Waals surface area (Å²) in [6.07, 6.45) is 1.20. The second kappa shape index (κ2) is 10.3. The van der Waals surface area contributed by atoms with Crippen molar-refractivity contribution in [2.24, 2.45) is 0 Å². The predicted molar refractivity (Wildman–Crippen MR) is 126 cm³/mol. The maximum atomic E-state index is 13.5. The van der Waals surface area contributed by atoms with Crippen molar-refractivity contribution in [3.8, 4) is 0 Å². The van der Waals surface area contributed by atoms with Crippen molar-refractivity contribution >= 4 is 11.9 Å². The lowest BCUT2D eigenvalue weighted by Crippen LogP contribution is -2.65. The number of hydrogen-bond donors (Lipinski definition) is 2. The molecule has 1 atom stereocenters. The van der Waals surface area contributed by atoms with Gasteiger partial charge in [0.25, 0.3) is 0 Å². The number of carbonyl (C=O) groups is 2. The molecule has 0 bridgehead atoms. The smallest absolute Gasteiger partial charge is 0.327 e. The minimum atomic E-state index is -0.866. The number of ether oxygens (including phenoxy) is 1. The number of rotatable bonds is 7. The van der Waals surface area contributed by atoms with Gasteiger partial charge in [0.1, 0.15) is 11.6 Å². The lowest BCUT2D eigenvalue weighted by atomic mass is 9.84. The van der Waals surface area contributed by atoms with Crippen LogP contribution in [0.4, 0.5) is 0 Å². The second-order valence-electron chi connectivity index (χ2n) is 9.56. The van der Waals surface area contributed by atoms with Crippen molar-refractivity contribution in [1.29, 1.82) is 0 Å². The van der Waals surface area contributed by atoms with E-state index in [9.17, 15) is 9.59 Å². The SMILES string of the molecule is COC(=O)C(NC1(C(=O)NC(C)(C)C)CCN(Cc2ccccc2)CC1)c1ccccc1. The molecule has 1 saturated heterocycles. The summed E-state index contributed by atoms with van der Waals surface area (Å²) in [6, 6.07) is 19.1. The van der Waals surface area contributed by atoms with Crippen LogP contribution in [0.25, 0.3) is 0 Å². The number of nitrogens with zero attached hydrogens (tertiary/aromatic N) is 1. The molecular weight excluding hydrogens is 402 g/mol. The molecule has 0 aliphatic carbocycles. The molecule has 32 heavy (non-hydrogen) atoms. The molecule has 2 N–H and O–H groups in total. The normalized spacial score (nSPS) is 17.4. The molecule has 6 heteroatoms. The van der Waals surface area contributed by atoms with Gasteiger partial charge in [-0.1, -0.05) is 60.7 Å². The van der Waals surface area contributed by atoms with Gasteiger partial charge in [-0.15, -0.1) is 0 Å². The Kier molecular flexibility index (Phi) is 7.69. The van der Waals surface area contributed by atoms with E-state index in [0.29, 0.717) is 12.8 Å². The molecule has 172 valence electrons. The van der Waals surface area contributed by atoms with E-state index < -0.39 is 17.6 Å². The Labute approximate surface area is 191 Å². The summed E-state index contributed by atoms with van der Waals surface area (Å²) >= 11 is 0. The van der Waals surface area contributed by atoms with Gasteiger partial charge in [-0.3, -0.25) is 15.0 Å². The van der Waals surface area contributed by atoms with Gasteiger partial charge in [0.15, 0.2) is 0 Å². The summed E-state index contributed by atoms with van der Waals surface area (Å²) in [5.41, 5.74) is 0.799. The zero-order valence-corrected chi connectivity index (χ0v) is 19.6. The largest absolute Gasteiger partial charge is 0.468 e. The summed E-state index contributed by atoms with van der Waals surface area (Å²) in [4.78, 5) is 28.6. The molecule has 1 heterocycles. The zero-order chi connectivity index (χ0) is 23.2. The first-order chi connectivity index (χ1) is 15.2. The fourth-order valence-electron chi connectivity index (χ4n) is 4.15. The quantitative estimate of drug-likeness (QED) is 0.650. The van der Waals surface area contributed by atoms with Crippen molar-refractivity contribution < 1.29 is 14.3 Å². The van der Waals surface area contributed by atoms with Crippen molar-refractivity contribution in [3.05, 3.63) is 71.8 Å². The van der Waals surface area contributed by atoms with E-state index in [2.05, 4.69) is 27.7 Å². The highest BCUT2D eigenvalue weighted by atomic mass is 16.5. The first-order valence-electron chi connectivity index (χ1n) is 11.2. The average molecular weight is 438 g/mol. The summed E-state index contributed by atoms with van der Waals surface area (Å²) in [7, 11) is 1.38. The average Bonchev–Trinajstić information content (AvgIpc) is 2.78. The monoisotopic (exact) mass is 437 g/mol. The summed E-state index contributed by atoms with van der Waals surface area (Å²) < 4.78 is 5.09. The van der Waals surface area contributed by atoms with Crippen LogP contribution in [0.3, 0.4) is 0 Å². The molecule has 2 aromatic rings. The molecule has 1 aliphatic heterocycles. The number of methoxy groups -OCH3 is 1. The van der Waals surface area contributed by atoms with Crippen LogP contribution in [-0.2, 0) is 20.9 Å². The van der Waals surface area contributed by atoms with Gasteiger partial charge in [-0.2, -0.15) is 0 Å². The molecule has 0 saturated carbocycles. The first-order valence-corrected chi connectivity index (χ1v) is 11.2. The maximum Gasteiger partial charge on any atom is 0.327 e. The molecular formula is C26H35N3O3. The summed E-state index contributed by atoms with van der Waals surface area (Å²) in [5, 5.41) is 6.57. The zero-order valence-electron chi connectivity index (χ0n) is 19.6. The highest BCUT2D eigenvalue weighted by molar-refractivity contribution is 5.88. The van der Waals surface area contributed by atoms with Gasteiger partial charge in [-0.05, 0) is 44.7 Å². The van der Waals surface area contributed by atoms with Gasteiger partial charge in [0.05, 0.1) is 7.11 Å². The molecule has 1 amide bonds. The number of benzene rings is 2. The van der Waals surface area contributed by atoms with Gasteiger partial charge in [0.2, 0.25) is 5.91 Å². The maximum absolute atomic E-state index is 13.5. The Hall–Kier alpha value is -2.70. The topological polar surface area (TPSA) is 70.7 Å². The molecule has 0 radical (unpaired) electrons. The molecule has 6 nitrogen and oxygen atoms in total. The van der Waals surface area contributed by atoms with Crippen LogP contribution in [-0.4, -0.2) is 48.1 Å². The van der Waals surface area contributed by atoms with E-state index in [1.807, 2.05) is 69.3 Å². The molecule has 2 aromatic carbocycles. The highest BCUT2D eigenvalue weighted by Gasteiger charge is 2.45. The number of piperidine rings is 1. The number of hydrogen-bond acceptors (Lipinski definition) is 5. The van der Waals surface area contributed by atoms with E-state index in [1.165, 1.54) is 12.7 Å². The van der Waals surface area contributed by atoms with Crippen molar-refractivity contribution in [1.82, 2.24) is 15.5 Å². The molecule has 1 fully saturated rings. The number of likely N-dealkylation sites (tertiary alicyclic amines) is 1. The minimum absolute atomic E-state index is 0.0748. The van der Waals surface area contributed by atoms with Crippen LogP contribution in [0.5, 0.6) is 0 Å². The van der Waals surface area contributed by atoms with E-state index in [4.69, 9.17) is 4.74 Å². The van der Waals surface area contributed by atoms with E-state index >= 15 is 0 Å². The van der Waals surface area contributed by atoms with Crippen LogP contribution in [0.15, 0.2) is 60.7 Å². The van der Waals surface area contributed by atoms with Crippen LogP contribution in [0.2, 0.25) is 0 Å². The van der Waals surface area contributed by atoms with Crippen molar-refractivity contribution in [3.63, 3.8) is 0 Å². The predicted octanol–water partition coefficient (Wildman–Crippen LogP) is 3.44. The fourth-order valence-corrected chi connectivity index (χ4v) is 4.15. The van der Waals surface area contributed by atoms with Gasteiger partial charge >= 0.3 is 5.97 Å². The summed E-state index contributed by atoms with van der Waals surface area (Å²) in [5.74, 6) is -0.472. The Balaban J connectivity index is 1.83. The molecule has 3 rings (SSSR count). The third-order valence-electron chi connectivity index (χ3n) is 5.87. The van der Waals surface area contributed by atoms with Crippen LogP contribution >= 0.6 is 0 Å². The fraction of sp³-hybridized carbons (Fsp3) is 0.462. The van der Waals surface area contributed by atoms with E-state index in [1.54, 1.807) is 0 Å². The highest BCUT2D eigenvalue weighted by Crippen LogP contribution is 2.29. The lowest BCUT2D eigenvalue weighted by Gasteiger charge is -2.44. The first kappa shape index (κ1) is 24.0. The molecule has 1 aliphatic rings. The lowest BCUT2D eigenvalue weighted by molar-refractivity contribution is -0.145. The van der Waals surface area contributed by atoms with Crippen molar-refractivity contribution in [2.75, 3.05) is 20.2 Å². The Morgan fingerprint density at radius 1 is 1.00 bits per heavy atom. The van der Waals surface area contributed by atoms with E-state index in [0.717, 1.165) is 25.2 Å². The van der Waals surface area contributed by atoms with Gasteiger partial charge < -0.3 is 10.1 Å². The van der Waals surface area contributed by atoms with Crippen LogP contribution in [0, 0.1) is 0 Å². The molecule has 0 aromatic heterocycles. The Morgan fingerprint density at radius 3 is 2.09 bits per heavy atom. The third-order valence-corrected chi connectivity index (χ3v) is 5.87. The standard InChI is InChI=1S/C26H35N3O3/c1-25(2,3)28-24(31)26(27-22(23(30)32-4)21-13-9-6-10-14-21)15-17-29(18-16-26)19-20-11-7-5-8-12-20/h5-14,22,27H,15-19H2,1-4H3,(H,28,31). The van der Waals surface area contributed by atoms with Gasteiger partial charge in [-0.25, -0.2) is 4.79 Å². The Morgan fingerprint density at radius 2 is 1.56 bits per heavy atom.